The fourth-order valence-electron chi connectivity index (χ4n) is 2.60. The van der Waals surface area contributed by atoms with Gasteiger partial charge in [0.2, 0.25) is 5.75 Å². The number of nitrogens with zero attached hydrogens (tertiary/aromatic N) is 2. The normalized spacial score (nSPS) is 10.5. The number of hydrogen-bond donors (Lipinski definition) is 0. The molecule has 146 valence electrons. The van der Waals surface area contributed by atoms with E-state index in [1.165, 1.54) is 6.07 Å². The average Bonchev–Trinajstić information content (AvgIpc) is 2.65. The molecule has 0 aliphatic heterocycles. The Morgan fingerprint density at radius 2 is 1.85 bits per heavy atom. The summed E-state index contributed by atoms with van der Waals surface area (Å²) in [4.78, 5) is 28.4. The molecule has 27 heavy (non-hydrogen) atoms. The third-order valence-electron chi connectivity index (χ3n) is 3.85. The molecule has 0 unspecified atom stereocenters. The molecular formula is C20H26N2O5. The zero-order valence-corrected chi connectivity index (χ0v) is 16.3. The van der Waals surface area contributed by atoms with Crippen LogP contribution in [0.1, 0.15) is 38.7 Å². The molecule has 0 spiro atoms. The molecule has 2 aromatic rings. The first kappa shape index (κ1) is 20.5. The van der Waals surface area contributed by atoms with Gasteiger partial charge in [0.25, 0.3) is 5.56 Å². The zero-order chi connectivity index (χ0) is 19.8. The van der Waals surface area contributed by atoms with Gasteiger partial charge in [0.15, 0.2) is 11.5 Å². The Bertz CT molecular complexity index is 845. The molecule has 0 fully saturated rings. The van der Waals surface area contributed by atoms with Crippen molar-refractivity contribution in [1.29, 1.82) is 0 Å². The number of ether oxygens (including phenoxy) is 3. The molecule has 0 aliphatic carbocycles. The molecule has 7 nitrogen and oxygen atoms in total. The van der Waals surface area contributed by atoms with Crippen molar-refractivity contribution in [2.75, 3.05) is 13.2 Å². The summed E-state index contributed by atoms with van der Waals surface area (Å²) in [5.41, 5.74) is 0.593. The number of hydrogen-bond acceptors (Lipinski definition) is 6. The van der Waals surface area contributed by atoms with Gasteiger partial charge in [-0.1, -0.05) is 19.9 Å². The van der Waals surface area contributed by atoms with Crippen molar-refractivity contribution in [3.8, 4) is 17.2 Å². The molecule has 0 saturated carbocycles. The van der Waals surface area contributed by atoms with Gasteiger partial charge in [-0.25, -0.2) is 4.98 Å². The third kappa shape index (κ3) is 5.32. The Morgan fingerprint density at radius 3 is 2.48 bits per heavy atom. The van der Waals surface area contributed by atoms with Crippen molar-refractivity contribution >= 4 is 5.97 Å². The summed E-state index contributed by atoms with van der Waals surface area (Å²) in [6.07, 6.45) is 0.889. The van der Waals surface area contributed by atoms with Gasteiger partial charge in [0.05, 0.1) is 13.2 Å². The monoisotopic (exact) mass is 374 g/mol. The number of para-hydroxylation sites is 1. The lowest BCUT2D eigenvalue weighted by molar-refractivity contribution is -0.134. The van der Waals surface area contributed by atoms with Gasteiger partial charge < -0.3 is 14.2 Å². The van der Waals surface area contributed by atoms with Crippen LogP contribution in [-0.2, 0) is 17.8 Å². The molecule has 0 bridgehead atoms. The van der Waals surface area contributed by atoms with Gasteiger partial charge in [-0.3, -0.25) is 14.2 Å². The van der Waals surface area contributed by atoms with Crippen molar-refractivity contribution < 1.29 is 19.0 Å². The molecule has 1 aromatic heterocycles. The number of aryl methyl sites for hydroxylation is 2. The first-order valence-electron chi connectivity index (χ1n) is 9.16. The molecule has 1 aromatic carbocycles. The highest BCUT2D eigenvalue weighted by Gasteiger charge is 2.16. The van der Waals surface area contributed by atoms with Crippen molar-refractivity contribution in [1.82, 2.24) is 9.55 Å². The van der Waals surface area contributed by atoms with E-state index < -0.39 is 0 Å². The molecular weight excluding hydrogens is 348 g/mol. The van der Waals surface area contributed by atoms with E-state index >= 15 is 0 Å². The number of aromatic nitrogens is 2. The van der Waals surface area contributed by atoms with Crippen molar-refractivity contribution in [2.45, 2.75) is 47.1 Å². The molecule has 2 rings (SSSR count). The summed E-state index contributed by atoms with van der Waals surface area (Å²) in [5.74, 6) is 1.44. The second kappa shape index (κ2) is 9.75. The van der Waals surface area contributed by atoms with Crippen molar-refractivity contribution in [2.24, 2.45) is 0 Å². The smallest absolute Gasteiger partial charge is 0.311 e. The largest absolute Gasteiger partial charge is 0.490 e. The average molecular weight is 374 g/mol. The summed E-state index contributed by atoms with van der Waals surface area (Å²) >= 11 is 0. The number of carbonyl (C=O) groups excluding carboxylic acids is 1. The van der Waals surface area contributed by atoms with Crippen LogP contribution in [0, 0.1) is 6.92 Å². The zero-order valence-electron chi connectivity index (χ0n) is 16.3. The van der Waals surface area contributed by atoms with Gasteiger partial charge in [0.1, 0.15) is 12.4 Å². The van der Waals surface area contributed by atoms with Crippen molar-refractivity contribution in [3.63, 3.8) is 0 Å². The van der Waals surface area contributed by atoms with Crippen molar-refractivity contribution in [3.05, 3.63) is 46.1 Å². The highest BCUT2D eigenvalue weighted by Crippen LogP contribution is 2.37. The Labute approximate surface area is 158 Å². The van der Waals surface area contributed by atoms with Crippen LogP contribution in [0.4, 0.5) is 0 Å². The lowest BCUT2D eigenvalue weighted by Gasteiger charge is -2.16. The van der Waals surface area contributed by atoms with Crippen LogP contribution in [0.5, 0.6) is 17.2 Å². The van der Waals surface area contributed by atoms with Gasteiger partial charge in [0, 0.05) is 24.6 Å². The van der Waals surface area contributed by atoms with Gasteiger partial charge in [-0.05, 0) is 26.0 Å². The van der Waals surface area contributed by atoms with Crippen LogP contribution in [0.25, 0.3) is 0 Å². The Morgan fingerprint density at radius 1 is 1.15 bits per heavy atom. The van der Waals surface area contributed by atoms with E-state index in [1.54, 1.807) is 36.6 Å². The Hall–Kier alpha value is -2.83. The maximum Gasteiger partial charge on any atom is 0.311 e. The lowest BCUT2D eigenvalue weighted by atomic mass is 10.3. The topological polar surface area (TPSA) is 79.7 Å². The molecule has 0 atom stereocenters. The predicted octanol–water partition coefficient (Wildman–Crippen LogP) is 2.91. The SMILES string of the molecule is CCOc1cccc(OCCn2c(CC)nc(C)cc2=O)c1OC(=O)CC. The van der Waals surface area contributed by atoms with E-state index in [4.69, 9.17) is 14.2 Å². The minimum Gasteiger partial charge on any atom is -0.490 e. The second-order valence-corrected chi connectivity index (χ2v) is 5.85. The first-order valence-corrected chi connectivity index (χ1v) is 9.16. The van der Waals surface area contributed by atoms with Crippen LogP contribution < -0.4 is 19.8 Å². The van der Waals surface area contributed by atoms with E-state index in [0.29, 0.717) is 42.6 Å². The third-order valence-corrected chi connectivity index (χ3v) is 3.85. The number of benzene rings is 1. The standard InChI is InChI=1S/C20H26N2O5/c1-5-17-21-14(4)13-18(23)22(17)11-12-26-16-10-8-9-15(25-7-3)20(16)27-19(24)6-2/h8-10,13H,5-7,11-12H2,1-4H3. The summed E-state index contributed by atoms with van der Waals surface area (Å²) in [6, 6.07) is 6.69. The minimum atomic E-state index is -0.376. The summed E-state index contributed by atoms with van der Waals surface area (Å²) in [6.45, 7) is 8.32. The predicted molar refractivity (Wildman–Crippen MR) is 102 cm³/mol. The fraction of sp³-hybridized carbons (Fsp3) is 0.450. The maximum atomic E-state index is 12.2. The fourth-order valence-corrected chi connectivity index (χ4v) is 2.60. The molecule has 0 amide bonds. The summed E-state index contributed by atoms with van der Waals surface area (Å²) in [7, 11) is 0. The quantitative estimate of drug-likeness (QED) is 0.496. The lowest BCUT2D eigenvalue weighted by Crippen LogP contribution is -2.27. The van der Waals surface area contributed by atoms with E-state index in [-0.39, 0.29) is 30.3 Å². The Kier molecular flexibility index (Phi) is 7.40. The number of carbonyl (C=O) groups is 1. The first-order chi connectivity index (χ1) is 13.0. The van der Waals surface area contributed by atoms with E-state index in [2.05, 4.69) is 4.98 Å². The Balaban J connectivity index is 2.19. The molecule has 1 heterocycles. The van der Waals surface area contributed by atoms with Crippen LogP contribution in [0.15, 0.2) is 29.1 Å². The van der Waals surface area contributed by atoms with Crippen LogP contribution in [0.3, 0.4) is 0 Å². The maximum absolute atomic E-state index is 12.2. The number of rotatable bonds is 9. The summed E-state index contributed by atoms with van der Waals surface area (Å²) < 4.78 is 18.3. The molecule has 7 heteroatoms. The molecule has 0 N–H and O–H groups in total. The van der Waals surface area contributed by atoms with Gasteiger partial charge >= 0.3 is 5.97 Å². The van der Waals surface area contributed by atoms with Crippen LogP contribution in [0.2, 0.25) is 0 Å². The second-order valence-electron chi connectivity index (χ2n) is 5.85. The highest BCUT2D eigenvalue weighted by atomic mass is 16.6. The number of esters is 1. The highest BCUT2D eigenvalue weighted by molar-refractivity contribution is 5.74. The van der Waals surface area contributed by atoms with Crippen LogP contribution >= 0.6 is 0 Å². The van der Waals surface area contributed by atoms with E-state index in [1.807, 2.05) is 13.8 Å². The van der Waals surface area contributed by atoms with E-state index in [9.17, 15) is 9.59 Å². The van der Waals surface area contributed by atoms with Crippen LogP contribution in [-0.4, -0.2) is 28.7 Å². The molecule has 0 aliphatic rings. The summed E-state index contributed by atoms with van der Waals surface area (Å²) in [5, 5.41) is 0. The van der Waals surface area contributed by atoms with E-state index in [0.717, 1.165) is 0 Å². The molecule has 0 radical (unpaired) electrons. The minimum absolute atomic E-state index is 0.108. The van der Waals surface area contributed by atoms with Gasteiger partial charge in [-0.2, -0.15) is 0 Å². The van der Waals surface area contributed by atoms with Gasteiger partial charge in [-0.15, -0.1) is 0 Å². The molecule has 0 saturated heterocycles.